The molecular weight excluding hydrogens is 339 g/mol. The van der Waals surface area contributed by atoms with Crippen molar-refractivity contribution in [2.45, 2.75) is 4.97 Å². The number of hydrogen-bond acceptors (Lipinski definition) is 0. The standard InChI is InChI=1S/C7H8Te2/c1-8-9-7-5-3-2-4-6-7/h2-6H,1H3. The molecule has 1 aromatic carbocycles. The van der Waals surface area contributed by atoms with E-state index >= 15 is 0 Å². The predicted molar refractivity (Wildman–Crippen MR) is 43.4 cm³/mol. The molecule has 0 N–H and O–H groups in total. The number of hydrogen-bond donors (Lipinski definition) is 0. The second-order valence-electron chi connectivity index (χ2n) is 1.56. The zero-order valence-electron chi connectivity index (χ0n) is 5.20. The molecule has 48 valence electrons. The van der Waals surface area contributed by atoms with Crippen molar-refractivity contribution in [3.63, 3.8) is 0 Å². The van der Waals surface area contributed by atoms with E-state index in [9.17, 15) is 0 Å². The normalized spacial score (nSPS) is 9.44. The van der Waals surface area contributed by atoms with Crippen molar-refractivity contribution in [1.29, 1.82) is 0 Å². The van der Waals surface area contributed by atoms with Crippen LogP contribution in [0, 0.1) is 0 Å². The van der Waals surface area contributed by atoms with E-state index < -0.39 is 0 Å². The average Bonchev–Trinajstić information content (AvgIpc) is 1.91. The summed E-state index contributed by atoms with van der Waals surface area (Å²) in [4.78, 5) is 2.39. The Morgan fingerprint density at radius 3 is 2.33 bits per heavy atom. The second-order valence-corrected chi connectivity index (χ2v) is 13.9. The van der Waals surface area contributed by atoms with E-state index in [2.05, 4.69) is 35.3 Å². The molecule has 0 bridgehead atoms. The molecule has 0 aliphatic heterocycles. The van der Waals surface area contributed by atoms with Crippen LogP contribution in [0.4, 0.5) is 0 Å². The zero-order chi connectivity index (χ0) is 6.53. The first-order chi connectivity index (χ1) is 4.43. The molecule has 0 spiro atoms. The van der Waals surface area contributed by atoms with E-state index in [1.54, 1.807) is 3.61 Å². The van der Waals surface area contributed by atoms with Gasteiger partial charge in [-0.3, -0.25) is 0 Å². The Balaban J connectivity index is 2.61. The van der Waals surface area contributed by atoms with Gasteiger partial charge in [0.2, 0.25) is 0 Å². The van der Waals surface area contributed by atoms with Crippen LogP contribution in [0.3, 0.4) is 0 Å². The van der Waals surface area contributed by atoms with Gasteiger partial charge in [-0.15, -0.1) is 0 Å². The van der Waals surface area contributed by atoms with Gasteiger partial charge < -0.3 is 0 Å². The molecule has 0 aromatic heterocycles. The van der Waals surface area contributed by atoms with Crippen LogP contribution in [0.1, 0.15) is 0 Å². The van der Waals surface area contributed by atoms with E-state index in [-0.39, 0.29) is 0 Å². The molecule has 0 aliphatic rings. The van der Waals surface area contributed by atoms with Gasteiger partial charge in [0.25, 0.3) is 0 Å². The van der Waals surface area contributed by atoms with Gasteiger partial charge in [0.05, 0.1) is 0 Å². The topological polar surface area (TPSA) is 0 Å². The third-order valence-electron chi connectivity index (χ3n) is 0.923. The summed E-state index contributed by atoms with van der Waals surface area (Å²) >= 11 is 0.711. The van der Waals surface area contributed by atoms with E-state index in [0.717, 1.165) is 0 Å². The van der Waals surface area contributed by atoms with Gasteiger partial charge in [-0.25, -0.2) is 0 Å². The van der Waals surface area contributed by atoms with Crippen LogP contribution in [0.2, 0.25) is 4.97 Å². The fourth-order valence-corrected chi connectivity index (χ4v) is 7.70. The predicted octanol–water partition coefficient (Wildman–Crippen LogP) is 0.683. The van der Waals surface area contributed by atoms with Crippen molar-refractivity contribution in [2.24, 2.45) is 0 Å². The molecule has 0 heterocycles. The molecule has 0 saturated carbocycles. The third kappa shape index (κ3) is 2.92. The second kappa shape index (κ2) is 4.59. The summed E-state index contributed by atoms with van der Waals surface area (Å²) in [5.41, 5.74) is 0. The van der Waals surface area contributed by atoms with Gasteiger partial charge in [0.1, 0.15) is 0 Å². The molecular formula is C7H8Te2. The fourth-order valence-electron chi connectivity index (χ4n) is 0.572. The first-order valence-electron chi connectivity index (χ1n) is 2.69. The van der Waals surface area contributed by atoms with Crippen LogP contribution < -0.4 is 3.61 Å². The fraction of sp³-hybridized carbons (Fsp3) is 0.143. The summed E-state index contributed by atoms with van der Waals surface area (Å²) in [5, 5.41) is 0. The Hall–Kier alpha value is 0.799. The SMILES string of the molecule is C[Te][Te]c1ccccc1. The minimum atomic E-state index is 0.300. The molecule has 1 rings (SSSR count). The van der Waals surface area contributed by atoms with Crippen molar-refractivity contribution >= 4 is 37.7 Å². The quantitative estimate of drug-likeness (QED) is 0.691. The first kappa shape index (κ1) is 7.90. The maximum absolute atomic E-state index is 2.39. The molecule has 0 radical (unpaired) electrons. The Labute approximate surface area is 72.4 Å². The molecule has 1 aromatic rings. The van der Waals surface area contributed by atoms with Gasteiger partial charge in [-0.1, -0.05) is 0 Å². The van der Waals surface area contributed by atoms with Gasteiger partial charge in [0, 0.05) is 0 Å². The summed E-state index contributed by atoms with van der Waals surface area (Å²) < 4.78 is 1.63. The van der Waals surface area contributed by atoms with Crippen LogP contribution in [0.5, 0.6) is 0 Å². The Kier molecular flexibility index (Phi) is 4.03. The number of rotatable bonds is 2. The molecule has 0 unspecified atom stereocenters. The third-order valence-corrected chi connectivity index (χ3v) is 9.60. The Bertz CT molecular complexity index is 160. The monoisotopic (exact) mass is 352 g/mol. The van der Waals surface area contributed by atoms with Crippen molar-refractivity contribution in [3.05, 3.63) is 30.3 Å². The molecule has 0 atom stereocenters. The maximum atomic E-state index is 2.39. The van der Waals surface area contributed by atoms with Crippen LogP contribution in [-0.2, 0) is 0 Å². The summed E-state index contributed by atoms with van der Waals surface area (Å²) in [6.07, 6.45) is 0. The molecule has 0 fully saturated rings. The van der Waals surface area contributed by atoms with E-state index in [1.807, 2.05) is 0 Å². The number of benzene rings is 1. The van der Waals surface area contributed by atoms with Crippen molar-refractivity contribution in [2.75, 3.05) is 0 Å². The van der Waals surface area contributed by atoms with Crippen LogP contribution in [-0.4, -0.2) is 34.1 Å². The Morgan fingerprint density at radius 2 is 1.78 bits per heavy atom. The van der Waals surface area contributed by atoms with Crippen LogP contribution >= 0.6 is 0 Å². The van der Waals surface area contributed by atoms with E-state index in [1.165, 1.54) is 0 Å². The van der Waals surface area contributed by atoms with E-state index in [0.29, 0.717) is 34.1 Å². The summed E-state index contributed by atoms with van der Waals surface area (Å²) in [6.45, 7) is 0. The van der Waals surface area contributed by atoms with Crippen LogP contribution in [0.15, 0.2) is 30.3 Å². The molecule has 0 aliphatic carbocycles. The minimum absolute atomic E-state index is 0.300. The van der Waals surface area contributed by atoms with Crippen molar-refractivity contribution in [1.82, 2.24) is 0 Å². The molecule has 0 amide bonds. The summed E-state index contributed by atoms with van der Waals surface area (Å²) in [5.74, 6) is 0. The van der Waals surface area contributed by atoms with Crippen molar-refractivity contribution in [3.8, 4) is 0 Å². The first-order valence-corrected chi connectivity index (χ1v) is 13.5. The van der Waals surface area contributed by atoms with Gasteiger partial charge in [0.15, 0.2) is 0 Å². The van der Waals surface area contributed by atoms with Gasteiger partial charge >= 0.3 is 73.0 Å². The summed E-state index contributed by atoms with van der Waals surface area (Å²) in [7, 11) is 0. The molecule has 9 heavy (non-hydrogen) atoms. The van der Waals surface area contributed by atoms with Crippen molar-refractivity contribution < 1.29 is 0 Å². The van der Waals surface area contributed by atoms with Crippen LogP contribution in [0.25, 0.3) is 0 Å². The Morgan fingerprint density at radius 1 is 1.11 bits per heavy atom. The average molecular weight is 347 g/mol. The van der Waals surface area contributed by atoms with Gasteiger partial charge in [-0.05, 0) is 0 Å². The zero-order valence-corrected chi connectivity index (χ0v) is 9.86. The molecule has 0 saturated heterocycles. The summed E-state index contributed by atoms with van der Waals surface area (Å²) in [6, 6.07) is 10.9. The van der Waals surface area contributed by atoms with Gasteiger partial charge in [-0.2, -0.15) is 0 Å². The molecule has 0 nitrogen and oxygen atoms in total. The van der Waals surface area contributed by atoms with E-state index in [4.69, 9.17) is 0 Å². The molecule has 2 heteroatoms.